The molecule has 2 rings (SSSR count). The van der Waals surface area contributed by atoms with E-state index >= 15 is 0 Å². The fourth-order valence-electron chi connectivity index (χ4n) is 1.36. The summed E-state index contributed by atoms with van der Waals surface area (Å²) in [4.78, 5) is 20.1. The monoisotopic (exact) mass is 294 g/mol. The maximum atomic E-state index is 11.4. The minimum Gasteiger partial charge on any atom is -0.461 e. The maximum absolute atomic E-state index is 11.4. The Hall–Kier alpha value is -1.59. The third kappa shape index (κ3) is 4.22. The van der Waals surface area contributed by atoms with Gasteiger partial charge in [0.1, 0.15) is 11.6 Å². The Labute approximate surface area is 119 Å². The van der Waals surface area contributed by atoms with Crippen molar-refractivity contribution in [1.82, 2.24) is 9.97 Å². The summed E-state index contributed by atoms with van der Waals surface area (Å²) in [6, 6.07) is 7.59. The number of thioether (sulfide) groups is 1. The van der Waals surface area contributed by atoms with Crippen LogP contribution in [0.25, 0.3) is 11.0 Å². The SMILES string of the molecule is O=C(CSc1cnc2ccccc2n1)OCC=CCl. The largest absolute Gasteiger partial charge is 0.461 e. The molecule has 0 aliphatic rings. The van der Waals surface area contributed by atoms with Gasteiger partial charge in [-0.25, -0.2) is 4.98 Å². The number of fused-ring (bicyclic) bond motifs is 1. The average Bonchev–Trinajstić information content (AvgIpc) is 2.45. The van der Waals surface area contributed by atoms with Gasteiger partial charge in [0.2, 0.25) is 0 Å². The molecule has 1 aromatic carbocycles. The molecule has 98 valence electrons. The summed E-state index contributed by atoms with van der Waals surface area (Å²) in [6.07, 6.45) is 3.21. The lowest BCUT2D eigenvalue weighted by molar-refractivity contribution is -0.139. The highest BCUT2D eigenvalue weighted by molar-refractivity contribution is 7.99. The number of carbonyl (C=O) groups is 1. The van der Waals surface area contributed by atoms with E-state index in [1.54, 1.807) is 12.3 Å². The minimum atomic E-state index is -0.310. The van der Waals surface area contributed by atoms with Crippen LogP contribution in [0, 0.1) is 0 Å². The molecule has 0 aliphatic carbocycles. The minimum absolute atomic E-state index is 0.187. The first-order valence-corrected chi connectivity index (χ1v) is 6.97. The van der Waals surface area contributed by atoms with Crippen LogP contribution < -0.4 is 0 Å². The lowest BCUT2D eigenvalue weighted by atomic mass is 10.3. The van der Waals surface area contributed by atoms with E-state index in [9.17, 15) is 4.79 Å². The van der Waals surface area contributed by atoms with Gasteiger partial charge < -0.3 is 4.74 Å². The molecule has 0 saturated carbocycles. The zero-order valence-electron chi connectivity index (χ0n) is 9.95. The van der Waals surface area contributed by atoms with Crippen LogP contribution in [0.5, 0.6) is 0 Å². The van der Waals surface area contributed by atoms with E-state index in [1.807, 2.05) is 24.3 Å². The Kier molecular flexibility index (Phi) is 5.18. The molecule has 0 spiro atoms. The number of halogens is 1. The van der Waals surface area contributed by atoms with Crippen LogP contribution in [-0.4, -0.2) is 28.3 Å². The molecule has 0 fully saturated rings. The molecule has 6 heteroatoms. The molecular weight excluding hydrogens is 284 g/mol. The van der Waals surface area contributed by atoms with Crippen molar-refractivity contribution in [2.45, 2.75) is 5.03 Å². The summed E-state index contributed by atoms with van der Waals surface area (Å²) >= 11 is 6.61. The topological polar surface area (TPSA) is 52.1 Å². The van der Waals surface area contributed by atoms with Crippen molar-refractivity contribution >= 4 is 40.4 Å². The molecule has 0 amide bonds. The van der Waals surface area contributed by atoms with Crippen LogP contribution >= 0.6 is 23.4 Å². The summed E-state index contributed by atoms with van der Waals surface area (Å²) in [7, 11) is 0. The van der Waals surface area contributed by atoms with Gasteiger partial charge in [-0.1, -0.05) is 35.5 Å². The van der Waals surface area contributed by atoms with Gasteiger partial charge in [-0.3, -0.25) is 9.78 Å². The summed E-state index contributed by atoms with van der Waals surface area (Å²) < 4.78 is 4.91. The van der Waals surface area contributed by atoms with Gasteiger partial charge in [0.15, 0.2) is 0 Å². The molecule has 0 atom stereocenters. The van der Waals surface area contributed by atoms with Gasteiger partial charge in [0, 0.05) is 5.54 Å². The molecule has 1 heterocycles. The smallest absolute Gasteiger partial charge is 0.316 e. The number of para-hydroxylation sites is 2. The van der Waals surface area contributed by atoms with Crippen LogP contribution in [-0.2, 0) is 9.53 Å². The Balaban J connectivity index is 1.92. The van der Waals surface area contributed by atoms with E-state index < -0.39 is 0 Å². The molecule has 0 unspecified atom stereocenters. The van der Waals surface area contributed by atoms with Crippen LogP contribution in [0.3, 0.4) is 0 Å². The summed E-state index contributed by atoms with van der Waals surface area (Å²) in [5.41, 5.74) is 2.96. The number of hydrogen-bond acceptors (Lipinski definition) is 5. The predicted molar refractivity (Wildman–Crippen MR) is 76.2 cm³/mol. The van der Waals surface area contributed by atoms with E-state index in [2.05, 4.69) is 9.97 Å². The van der Waals surface area contributed by atoms with Gasteiger partial charge in [-0.15, -0.1) is 0 Å². The zero-order chi connectivity index (χ0) is 13.5. The third-order valence-electron chi connectivity index (χ3n) is 2.19. The maximum Gasteiger partial charge on any atom is 0.316 e. The van der Waals surface area contributed by atoms with Gasteiger partial charge in [-0.2, -0.15) is 0 Å². The van der Waals surface area contributed by atoms with E-state index in [4.69, 9.17) is 16.3 Å². The fraction of sp³-hybridized carbons (Fsp3) is 0.154. The molecule has 19 heavy (non-hydrogen) atoms. The molecular formula is C13H11ClN2O2S. The zero-order valence-corrected chi connectivity index (χ0v) is 11.5. The molecule has 0 aliphatic heterocycles. The Morgan fingerprint density at radius 1 is 1.37 bits per heavy atom. The first-order valence-electron chi connectivity index (χ1n) is 5.55. The van der Waals surface area contributed by atoms with Crippen molar-refractivity contribution in [3.8, 4) is 0 Å². The molecule has 0 N–H and O–H groups in total. The van der Waals surface area contributed by atoms with Crippen LogP contribution in [0.1, 0.15) is 0 Å². The van der Waals surface area contributed by atoms with Crippen molar-refractivity contribution in [1.29, 1.82) is 0 Å². The molecule has 0 bridgehead atoms. The Bertz CT molecular complexity index is 604. The molecule has 4 nitrogen and oxygen atoms in total. The second-order valence-corrected chi connectivity index (χ2v) is 4.78. The first-order chi connectivity index (χ1) is 9.29. The quantitative estimate of drug-likeness (QED) is 0.627. The van der Waals surface area contributed by atoms with Crippen LogP contribution in [0.4, 0.5) is 0 Å². The number of carbonyl (C=O) groups excluding carboxylic acids is 1. The summed E-state index contributed by atoms with van der Waals surface area (Å²) in [5.74, 6) is -0.113. The van der Waals surface area contributed by atoms with E-state index in [1.165, 1.54) is 17.3 Å². The number of ether oxygens (including phenoxy) is 1. The van der Waals surface area contributed by atoms with E-state index in [0.29, 0.717) is 5.03 Å². The third-order valence-corrected chi connectivity index (χ3v) is 3.24. The van der Waals surface area contributed by atoms with Gasteiger partial charge >= 0.3 is 5.97 Å². The number of rotatable bonds is 5. The summed E-state index contributed by atoms with van der Waals surface area (Å²) in [5, 5.41) is 0.698. The average molecular weight is 295 g/mol. The van der Waals surface area contributed by atoms with Crippen molar-refractivity contribution in [2.24, 2.45) is 0 Å². The van der Waals surface area contributed by atoms with Crippen LogP contribution in [0.15, 0.2) is 47.1 Å². The van der Waals surface area contributed by atoms with Crippen molar-refractivity contribution in [2.75, 3.05) is 12.4 Å². The molecule has 2 aromatic rings. The van der Waals surface area contributed by atoms with Crippen molar-refractivity contribution < 1.29 is 9.53 Å². The number of hydrogen-bond donors (Lipinski definition) is 0. The first kappa shape index (κ1) is 13.8. The number of aromatic nitrogens is 2. The highest BCUT2D eigenvalue weighted by Crippen LogP contribution is 2.17. The molecule has 0 saturated heterocycles. The fourth-order valence-corrected chi connectivity index (χ4v) is 2.07. The lowest BCUT2D eigenvalue weighted by Gasteiger charge is -2.02. The van der Waals surface area contributed by atoms with Gasteiger partial charge in [0.05, 0.1) is 23.0 Å². The van der Waals surface area contributed by atoms with Gasteiger partial charge in [0.25, 0.3) is 0 Å². The molecule has 1 aromatic heterocycles. The standard InChI is InChI=1S/C13H11ClN2O2S/c14-6-3-7-18-13(17)9-19-12-8-15-10-4-1-2-5-11(10)16-12/h1-6,8H,7,9H2. The predicted octanol–water partition coefficient (Wildman–Crippen LogP) is 3.02. The molecule has 0 radical (unpaired) electrons. The van der Waals surface area contributed by atoms with E-state index in [-0.39, 0.29) is 18.3 Å². The van der Waals surface area contributed by atoms with Gasteiger partial charge in [-0.05, 0) is 18.2 Å². The van der Waals surface area contributed by atoms with E-state index in [0.717, 1.165) is 11.0 Å². The lowest BCUT2D eigenvalue weighted by Crippen LogP contribution is -2.07. The Morgan fingerprint density at radius 3 is 2.95 bits per heavy atom. The summed E-state index contributed by atoms with van der Waals surface area (Å²) in [6.45, 7) is 0.187. The van der Waals surface area contributed by atoms with Crippen molar-refractivity contribution in [3.63, 3.8) is 0 Å². The Morgan fingerprint density at radius 2 is 2.16 bits per heavy atom. The van der Waals surface area contributed by atoms with Crippen LogP contribution in [0.2, 0.25) is 0 Å². The second-order valence-electron chi connectivity index (χ2n) is 3.53. The van der Waals surface area contributed by atoms with Crippen molar-refractivity contribution in [3.05, 3.63) is 42.1 Å². The number of benzene rings is 1. The number of esters is 1. The highest BCUT2D eigenvalue weighted by Gasteiger charge is 2.05. The normalized spacial score (nSPS) is 11.0. The second kappa shape index (κ2) is 7.11. The number of nitrogens with zero attached hydrogens (tertiary/aromatic N) is 2. The highest BCUT2D eigenvalue weighted by atomic mass is 35.5.